The molecule has 1 atom stereocenters. The van der Waals surface area contributed by atoms with E-state index >= 15 is 0 Å². The smallest absolute Gasteiger partial charge is 0.265 e. The van der Waals surface area contributed by atoms with Crippen LogP contribution >= 0.6 is 0 Å². The number of benzene rings is 2. The maximum absolute atomic E-state index is 6.77. The van der Waals surface area contributed by atoms with Crippen LogP contribution in [0.1, 0.15) is 31.9 Å². The number of rotatable bonds is 4. The van der Waals surface area contributed by atoms with Gasteiger partial charge in [-0.2, -0.15) is 10.8 Å². The zero-order chi connectivity index (χ0) is 19.8. The quantitative estimate of drug-likeness (QED) is 0.632. The van der Waals surface area contributed by atoms with Crippen molar-refractivity contribution in [3.8, 4) is 5.75 Å². The third kappa shape index (κ3) is 3.30. The van der Waals surface area contributed by atoms with Crippen LogP contribution in [0.3, 0.4) is 0 Å². The molecule has 1 unspecified atom stereocenters. The highest BCUT2D eigenvalue weighted by molar-refractivity contribution is 6.00. The Morgan fingerprint density at radius 1 is 1.04 bits per heavy atom. The third-order valence-corrected chi connectivity index (χ3v) is 4.85. The van der Waals surface area contributed by atoms with E-state index in [0.29, 0.717) is 6.61 Å². The maximum Gasteiger partial charge on any atom is 0.265 e. The number of amidine groups is 1. The van der Waals surface area contributed by atoms with E-state index in [1.165, 1.54) is 0 Å². The lowest BCUT2D eigenvalue weighted by Crippen LogP contribution is -2.53. The molecule has 2 heterocycles. The van der Waals surface area contributed by atoms with Crippen molar-refractivity contribution >= 4 is 12.1 Å². The molecule has 2 N–H and O–H groups in total. The monoisotopic (exact) mass is 373 g/mol. The number of nitrogens with two attached hydrogens (primary N) is 1. The Hall–Kier alpha value is -3.02. The van der Waals surface area contributed by atoms with E-state index in [1.54, 1.807) is 6.20 Å². The highest BCUT2D eigenvalue weighted by atomic mass is 16.5. The molecule has 28 heavy (non-hydrogen) atoms. The number of ether oxygens (including phenoxy) is 1. The van der Waals surface area contributed by atoms with Gasteiger partial charge in [0.15, 0.2) is 0 Å². The van der Waals surface area contributed by atoms with Crippen molar-refractivity contribution in [1.29, 1.82) is 0 Å². The molecule has 2 aliphatic rings. The van der Waals surface area contributed by atoms with Gasteiger partial charge in [0.25, 0.3) is 5.84 Å². The average Bonchev–Trinajstić information content (AvgIpc) is 3.01. The highest BCUT2D eigenvalue weighted by Crippen LogP contribution is 2.39. The van der Waals surface area contributed by atoms with Crippen LogP contribution in [0.4, 0.5) is 0 Å². The topological polar surface area (TPSA) is 60.0 Å². The second-order valence-corrected chi connectivity index (χ2v) is 8.07. The minimum atomic E-state index is -0.140. The molecule has 0 saturated heterocycles. The molecule has 0 aliphatic carbocycles. The summed E-state index contributed by atoms with van der Waals surface area (Å²) in [6.07, 6.45) is 5.40. The van der Waals surface area contributed by atoms with Gasteiger partial charge in [0.05, 0.1) is 18.0 Å². The standard InChI is InChI=1S/C23H25N4O/c1-23(2,3)21-20-15-25-12-13-27(20,24)22(26-21)18-10-7-11-19(14-18)28-16-17-8-5-4-6-9-17/h4-15H,16,24H2,1-3H3/q+1. The van der Waals surface area contributed by atoms with E-state index in [9.17, 15) is 0 Å². The summed E-state index contributed by atoms with van der Waals surface area (Å²) in [7, 11) is 0. The Balaban J connectivity index is 1.66. The van der Waals surface area contributed by atoms with Gasteiger partial charge < -0.3 is 4.74 Å². The molecular formula is C23H25N4O+. The predicted octanol–water partition coefficient (Wildman–Crippen LogP) is 4.53. The Kier molecular flexibility index (Phi) is 4.49. The van der Waals surface area contributed by atoms with Crippen LogP contribution in [0, 0.1) is 5.41 Å². The maximum atomic E-state index is 6.77. The molecule has 142 valence electrons. The molecule has 0 fully saturated rings. The highest BCUT2D eigenvalue weighted by Gasteiger charge is 2.46. The second kappa shape index (κ2) is 6.86. The fourth-order valence-electron chi connectivity index (χ4n) is 3.40. The van der Waals surface area contributed by atoms with Crippen molar-refractivity contribution in [3.63, 3.8) is 0 Å². The molecule has 0 spiro atoms. The summed E-state index contributed by atoms with van der Waals surface area (Å²) in [4.78, 5) is 9.23. The fourth-order valence-corrected chi connectivity index (χ4v) is 3.40. The van der Waals surface area contributed by atoms with Gasteiger partial charge in [-0.25, -0.2) is 0 Å². The summed E-state index contributed by atoms with van der Waals surface area (Å²) in [6, 6.07) is 18.1. The van der Waals surface area contributed by atoms with Crippen LogP contribution in [0.15, 0.2) is 88.4 Å². The molecule has 5 heteroatoms. The number of aliphatic imine (C=N–C) groups is 2. The minimum Gasteiger partial charge on any atom is -0.489 e. The molecule has 4 rings (SSSR count). The van der Waals surface area contributed by atoms with Gasteiger partial charge in [-0.05, 0) is 23.8 Å². The SMILES string of the molecule is CC(C)(C)C1=C2C=NC=C[N+]2(N)C(c2cccc(OCc3ccccc3)c2)=N1. The van der Waals surface area contributed by atoms with E-state index in [4.69, 9.17) is 15.6 Å². The summed E-state index contributed by atoms with van der Waals surface area (Å²) < 4.78 is 6.02. The van der Waals surface area contributed by atoms with Crippen LogP contribution in [-0.4, -0.2) is 16.6 Å². The van der Waals surface area contributed by atoms with Crippen molar-refractivity contribution in [2.75, 3.05) is 0 Å². The van der Waals surface area contributed by atoms with Crippen LogP contribution in [0.5, 0.6) is 5.75 Å². The third-order valence-electron chi connectivity index (χ3n) is 4.85. The van der Waals surface area contributed by atoms with Crippen molar-refractivity contribution in [1.82, 2.24) is 0 Å². The molecular weight excluding hydrogens is 348 g/mol. The molecule has 0 radical (unpaired) electrons. The number of nitrogens with zero attached hydrogens (tertiary/aromatic N) is 3. The first-order valence-electron chi connectivity index (χ1n) is 9.38. The first kappa shape index (κ1) is 18.3. The van der Waals surface area contributed by atoms with Crippen molar-refractivity contribution in [2.24, 2.45) is 21.2 Å². The zero-order valence-electron chi connectivity index (χ0n) is 16.5. The van der Waals surface area contributed by atoms with Crippen LogP contribution in [0.2, 0.25) is 0 Å². The Morgan fingerprint density at radius 3 is 2.57 bits per heavy atom. The first-order chi connectivity index (χ1) is 13.4. The lowest BCUT2D eigenvalue weighted by atomic mass is 9.91. The normalized spacial score (nSPS) is 20.9. The summed E-state index contributed by atoms with van der Waals surface area (Å²) in [6.45, 7) is 6.93. The Labute approximate surface area is 165 Å². The predicted molar refractivity (Wildman–Crippen MR) is 112 cm³/mol. The largest absolute Gasteiger partial charge is 0.489 e. The number of hydrogen-bond donors (Lipinski definition) is 1. The Morgan fingerprint density at radius 2 is 1.82 bits per heavy atom. The number of allylic oxidation sites excluding steroid dienone is 2. The van der Waals surface area contributed by atoms with Crippen molar-refractivity contribution in [3.05, 3.63) is 89.5 Å². The van der Waals surface area contributed by atoms with Gasteiger partial charge in [0.2, 0.25) is 5.70 Å². The summed E-state index contributed by atoms with van der Waals surface area (Å²) in [5, 5.41) is 0. The van der Waals surface area contributed by atoms with Crippen LogP contribution in [0.25, 0.3) is 0 Å². The lowest BCUT2D eigenvalue weighted by Gasteiger charge is -2.27. The van der Waals surface area contributed by atoms with Crippen LogP contribution in [-0.2, 0) is 6.61 Å². The zero-order valence-corrected chi connectivity index (χ0v) is 16.5. The molecule has 2 aromatic carbocycles. The van der Waals surface area contributed by atoms with Crippen molar-refractivity contribution in [2.45, 2.75) is 27.4 Å². The van der Waals surface area contributed by atoms with Gasteiger partial charge in [-0.1, -0.05) is 57.2 Å². The van der Waals surface area contributed by atoms with E-state index < -0.39 is 0 Å². The molecule has 0 aromatic heterocycles. The first-order valence-corrected chi connectivity index (χ1v) is 9.38. The number of hydrogen-bond acceptors (Lipinski definition) is 4. The van der Waals surface area contributed by atoms with E-state index in [-0.39, 0.29) is 10.0 Å². The van der Waals surface area contributed by atoms with Gasteiger partial charge in [-0.15, -0.1) is 4.59 Å². The molecule has 0 amide bonds. The lowest BCUT2D eigenvalue weighted by molar-refractivity contribution is -0.750. The van der Waals surface area contributed by atoms with Gasteiger partial charge in [0, 0.05) is 5.41 Å². The number of quaternary nitrogens is 1. The van der Waals surface area contributed by atoms with E-state index in [0.717, 1.165) is 34.1 Å². The van der Waals surface area contributed by atoms with Crippen molar-refractivity contribution < 1.29 is 9.33 Å². The minimum absolute atomic E-state index is 0.0260. The summed E-state index contributed by atoms with van der Waals surface area (Å²) in [5.41, 5.74) is 3.78. The molecule has 2 aliphatic heterocycles. The summed E-state index contributed by atoms with van der Waals surface area (Å²) in [5.74, 6) is 8.33. The van der Waals surface area contributed by atoms with Gasteiger partial charge in [-0.3, -0.25) is 4.99 Å². The van der Waals surface area contributed by atoms with Gasteiger partial charge >= 0.3 is 0 Å². The van der Waals surface area contributed by atoms with E-state index in [1.807, 2.05) is 54.9 Å². The van der Waals surface area contributed by atoms with E-state index in [2.05, 4.69) is 37.9 Å². The number of fused-ring (bicyclic) bond motifs is 1. The summed E-state index contributed by atoms with van der Waals surface area (Å²) >= 11 is 0. The molecule has 0 saturated carbocycles. The molecule has 2 aromatic rings. The molecule has 0 bridgehead atoms. The fraction of sp³-hybridized carbons (Fsp3) is 0.217. The second-order valence-electron chi connectivity index (χ2n) is 8.07. The average molecular weight is 373 g/mol. The van der Waals surface area contributed by atoms with Gasteiger partial charge in [0.1, 0.15) is 24.3 Å². The van der Waals surface area contributed by atoms with Crippen LogP contribution < -0.4 is 10.6 Å². The molecule has 5 nitrogen and oxygen atoms in total. The Bertz CT molecular complexity index is 1010.